The van der Waals surface area contributed by atoms with E-state index in [0.717, 1.165) is 6.54 Å². The molecule has 0 bridgehead atoms. The number of aryl methyl sites for hydroxylation is 1. The third-order valence-electron chi connectivity index (χ3n) is 3.09. The second-order valence-electron chi connectivity index (χ2n) is 4.94. The van der Waals surface area contributed by atoms with Crippen LogP contribution in [0.15, 0.2) is 48.5 Å². The van der Waals surface area contributed by atoms with Crippen molar-refractivity contribution in [1.29, 1.82) is 0 Å². The van der Waals surface area contributed by atoms with Crippen LogP contribution in [-0.4, -0.2) is 12.5 Å². The predicted molar refractivity (Wildman–Crippen MR) is 87.6 cm³/mol. The molecular formula is C17H19ClN2O. The van der Waals surface area contributed by atoms with Gasteiger partial charge in [-0.2, -0.15) is 0 Å². The zero-order chi connectivity index (χ0) is 15.1. The number of carbonyl (C=O) groups is 1. The summed E-state index contributed by atoms with van der Waals surface area (Å²) in [6.07, 6.45) is 0.414. The minimum atomic E-state index is -0.0418. The molecule has 0 heterocycles. The molecule has 0 aliphatic heterocycles. The highest BCUT2D eigenvalue weighted by atomic mass is 35.5. The third kappa shape index (κ3) is 5.21. The van der Waals surface area contributed by atoms with Crippen molar-refractivity contribution in [2.75, 3.05) is 11.9 Å². The highest BCUT2D eigenvalue weighted by Crippen LogP contribution is 2.20. The Morgan fingerprint density at radius 1 is 1.14 bits per heavy atom. The summed E-state index contributed by atoms with van der Waals surface area (Å²) in [5.41, 5.74) is 3.12. The van der Waals surface area contributed by atoms with Crippen LogP contribution in [0.4, 0.5) is 5.69 Å². The van der Waals surface area contributed by atoms with Crippen LogP contribution in [0.3, 0.4) is 0 Å². The van der Waals surface area contributed by atoms with Crippen LogP contribution < -0.4 is 10.6 Å². The van der Waals surface area contributed by atoms with Gasteiger partial charge in [0.25, 0.3) is 0 Å². The van der Waals surface area contributed by atoms with Gasteiger partial charge in [-0.1, -0.05) is 53.6 Å². The minimum absolute atomic E-state index is 0.0418. The second kappa shape index (κ2) is 7.81. The van der Waals surface area contributed by atoms with E-state index >= 15 is 0 Å². The number of carbonyl (C=O) groups excluding carboxylic acids is 1. The minimum Gasteiger partial charge on any atom is -0.325 e. The van der Waals surface area contributed by atoms with Crippen LogP contribution in [0.5, 0.6) is 0 Å². The Morgan fingerprint density at radius 2 is 1.95 bits per heavy atom. The summed E-state index contributed by atoms with van der Waals surface area (Å²) >= 11 is 5.99. The first-order chi connectivity index (χ1) is 10.1. The normalized spacial score (nSPS) is 10.4. The lowest BCUT2D eigenvalue weighted by molar-refractivity contribution is -0.116. The monoisotopic (exact) mass is 302 g/mol. The van der Waals surface area contributed by atoms with E-state index in [1.54, 1.807) is 12.1 Å². The van der Waals surface area contributed by atoms with Gasteiger partial charge in [0.2, 0.25) is 5.91 Å². The molecule has 2 N–H and O–H groups in total. The molecule has 2 aromatic carbocycles. The fourth-order valence-electron chi connectivity index (χ4n) is 2.03. The van der Waals surface area contributed by atoms with Crippen molar-refractivity contribution in [2.24, 2.45) is 0 Å². The Balaban J connectivity index is 1.71. The quantitative estimate of drug-likeness (QED) is 0.798. The molecule has 21 heavy (non-hydrogen) atoms. The largest absolute Gasteiger partial charge is 0.325 e. The van der Waals surface area contributed by atoms with Gasteiger partial charge in [-0.25, -0.2) is 0 Å². The number of nitrogens with one attached hydrogen (secondary N) is 2. The predicted octanol–water partition coefficient (Wildman–Crippen LogP) is 3.77. The van der Waals surface area contributed by atoms with Crippen molar-refractivity contribution in [2.45, 2.75) is 19.9 Å². The van der Waals surface area contributed by atoms with Gasteiger partial charge in [0.15, 0.2) is 0 Å². The topological polar surface area (TPSA) is 41.1 Å². The summed E-state index contributed by atoms with van der Waals surface area (Å²) in [4.78, 5) is 11.8. The first-order valence-electron chi connectivity index (χ1n) is 6.96. The highest BCUT2D eigenvalue weighted by molar-refractivity contribution is 6.33. The Hall–Kier alpha value is -1.84. The van der Waals surface area contributed by atoms with Crippen LogP contribution in [-0.2, 0) is 11.3 Å². The van der Waals surface area contributed by atoms with Gasteiger partial charge in [0.05, 0.1) is 10.7 Å². The van der Waals surface area contributed by atoms with E-state index in [1.807, 2.05) is 18.2 Å². The van der Waals surface area contributed by atoms with Crippen molar-refractivity contribution in [3.8, 4) is 0 Å². The lowest BCUT2D eigenvalue weighted by atomic mass is 10.1. The third-order valence-corrected chi connectivity index (χ3v) is 3.42. The smallest absolute Gasteiger partial charge is 0.225 e. The molecule has 0 spiro atoms. The average molecular weight is 303 g/mol. The van der Waals surface area contributed by atoms with Gasteiger partial charge in [0.1, 0.15) is 0 Å². The Morgan fingerprint density at radius 3 is 2.71 bits per heavy atom. The molecule has 0 aliphatic rings. The number of rotatable bonds is 6. The molecule has 1 amide bonds. The number of benzene rings is 2. The van der Waals surface area contributed by atoms with E-state index in [1.165, 1.54) is 11.1 Å². The molecule has 110 valence electrons. The lowest BCUT2D eigenvalue weighted by Gasteiger charge is -2.08. The second-order valence-corrected chi connectivity index (χ2v) is 5.35. The fourth-order valence-corrected chi connectivity index (χ4v) is 2.22. The van der Waals surface area contributed by atoms with Gasteiger partial charge in [-0.15, -0.1) is 0 Å². The summed E-state index contributed by atoms with van der Waals surface area (Å²) in [5.74, 6) is -0.0418. The molecule has 0 aromatic heterocycles. The van der Waals surface area contributed by atoms with Crippen molar-refractivity contribution >= 4 is 23.2 Å². The zero-order valence-corrected chi connectivity index (χ0v) is 12.8. The maximum atomic E-state index is 11.8. The molecule has 4 heteroatoms. The Bertz CT molecular complexity index is 613. The first-order valence-corrected chi connectivity index (χ1v) is 7.33. The highest BCUT2D eigenvalue weighted by Gasteiger charge is 2.04. The van der Waals surface area contributed by atoms with Gasteiger partial charge < -0.3 is 10.6 Å². The van der Waals surface area contributed by atoms with E-state index in [0.29, 0.717) is 23.7 Å². The van der Waals surface area contributed by atoms with Gasteiger partial charge in [-0.05, 0) is 24.6 Å². The number of amides is 1. The summed E-state index contributed by atoms with van der Waals surface area (Å²) in [6.45, 7) is 3.46. The Labute approximate surface area is 130 Å². The van der Waals surface area contributed by atoms with Gasteiger partial charge >= 0.3 is 0 Å². The average Bonchev–Trinajstić information content (AvgIpc) is 2.46. The van der Waals surface area contributed by atoms with Gasteiger partial charge in [0, 0.05) is 19.5 Å². The molecule has 3 nitrogen and oxygen atoms in total. The number of anilines is 1. The lowest BCUT2D eigenvalue weighted by Crippen LogP contribution is -2.21. The fraction of sp³-hybridized carbons (Fsp3) is 0.235. The summed E-state index contributed by atoms with van der Waals surface area (Å²) < 4.78 is 0. The van der Waals surface area contributed by atoms with E-state index < -0.39 is 0 Å². The maximum absolute atomic E-state index is 11.8. The van der Waals surface area contributed by atoms with Crippen LogP contribution in [0, 0.1) is 6.92 Å². The molecule has 0 atom stereocenters. The number of hydrogen-bond acceptors (Lipinski definition) is 2. The first kappa shape index (κ1) is 15.5. The van der Waals surface area contributed by atoms with Gasteiger partial charge in [-0.3, -0.25) is 4.79 Å². The maximum Gasteiger partial charge on any atom is 0.225 e. The molecule has 2 aromatic rings. The summed E-state index contributed by atoms with van der Waals surface area (Å²) in [7, 11) is 0. The van der Waals surface area contributed by atoms with Crippen molar-refractivity contribution in [3.63, 3.8) is 0 Å². The number of para-hydroxylation sites is 1. The number of hydrogen-bond donors (Lipinski definition) is 2. The SMILES string of the molecule is Cc1cccc(CNCCC(=O)Nc2ccccc2Cl)c1. The molecule has 0 radical (unpaired) electrons. The van der Waals surface area contributed by atoms with Crippen molar-refractivity contribution < 1.29 is 4.79 Å². The summed E-state index contributed by atoms with van der Waals surface area (Å²) in [6, 6.07) is 15.5. The van der Waals surface area contributed by atoms with Crippen molar-refractivity contribution in [1.82, 2.24) is 5.32 Å². The van der Waals surface area contributed by atoms with Crippen molar-refractivity contribution in [3.05, 3.63) is 64.7 Å². The van der Waals surface area contributed by atoms with E-state index in [2.05, 4.69) is 35.8 Å². The van der Waals surface area contributed by atoms with E-state index in [-0.39, 0.29) is 5.91 Å². The molecule has 0 saturated heterocycles. The van der Waals surface area contributed by atoms with E-state index in [4.69, 9.17) is 11.6 Å². The molecule has 0 fully saturated rings. The molecule has 0 unspecified atom stereocenters. The van der Waals surface area contributed by atoms with Crippen LogP contribution in [0.2, 0.25) is 5.02 Å². The standard InChI is InChI=1S/C17H19ClN2O/c1-13-5-4-6-14(11-13)12-19-10-9-17(21)20-16-8-3-2-7-15(16)18/h2-8,11,19H,9-10,12H2,1H3,(H,20,21). The molecular weight excluding hydrogens is 284 g/mol. The molecule has 0 aliphatic carbocycles. The molecule has 0 saturated carbocycles. The molecule has 2 rings (SSSR count). The Kier molecular flexibility index (Phi) is 5.78. The van der Waals surface area contributed by atoms with E-state index in [9.17, 15) is 4.79 Å². The van der Waals surface area contributed by atoms with Crippen LogP contribution in [0.1, 0.15) is 17.5 Å². The summed E-state index contributed by atoms with van der Waals surface area (Å²) in [5, 5.41) is 6.63. The zero-order valence-electron chi connectivity index (χ0n) is 12.0. The number of halogens is 1. The van der Waals surface area contributed by atoms with Crippen LogP contribution in [0.25, 0.3) is 0 Å². The van der Waals surface area contributed by atoms with Crippen LogP contribution >= 0.6 is 11.6 Å².